The molecule has 0 spiro atoms. The molecule has 1 amide bonds. The fourth-order valence-electron chi connectivity index (χ4n) is 1.56. The van der Waals surface area contributed by atoms with Crippen molar-refractivity contribution in [2.45, 2.75) is 0 Å². The number of hydrazone groups is 1. The van der Waals surface area contributed by atoms with Crippen molar-refractivity contribution >= 4 is 28.1 Å². The summed E-state index contributed by atoms with van der Waals surface area (Å²) in [5.74, 6) is -1.12. The average Bonchev–Trinajstić information content (AvgIpc) is 2.42. The van der Waals surface area contributed by atoms with E-state index in [4.69, 9.17) is 5.11 Å². The van der Waals surface area contributed by atoms with Crippen molar-refractivity contribution in [3.63, 3.8) is 0 Å². The van der Waals surface area contributed by atoms with Gasteiger partial charge in [0.25, 0.3) is 5.91 Å². The van der Waals surface area contributed by atoms with E-state index in [-0.39, 0.29) is 22.8 Å². The first-order valence-corrected chi connectivity index (χ1v) is 6.60. The lowest BCUT2D eigenvalue weighted by Gasteiger charge is -2.03. The number of rotatable bonds is 3. The van der Waals surface area contributed by atoms with E-state index in [2.05, 4.69) is 26.5 Å². The maximum absolute atomic E-state index is 11.8. The lowest BCUT2D eigenvalue weighted by atomic mass is 10.2. The Bertz CT molecular complexity index is 716. The number of carbonyl (C=O) groups is 1. The molecule has 0 bridgehead atoms. The van der Waals surface area contributed by atoms with Crippen molar-refractivity contribution in [2.75, 3.05) is 0 Å². The molecular formula is C14H11BrN2O4. The first kappa shape index (κ1) is 14.9. The van der Waals surface area contributed by atoms with Gasteiger partial charge in [0.1, 0.15) is 17.2 Å². The average molecular weight is 351 g/mol. The highest BCUT2D eigenvalue weighted by atomic mass is 79.9. The van der Waals surface area contributed by atoms with Crippen LogP contribution in [0.25, 0.3) is 0 Å². The molecule has 108 valence electrons. The summed E-state index contributed by atoms with van der Waals surface area (Å²) in [5, 5.41) is 32.0. The van der Waals surface area contributed by atoms with Crippen molar-refractivity contribution in [3.05, 3.63) is 52.0 Å². The predicted octanol–water partition coefficient (Wildman–Crippen LogP) is 2.33. The predicted molar refractivity (Wildman–Crippen MR) is 80.6 cm³/mol. The van der Waals surface area contributed by atoms with Gasteiger partial charge in [0.2, 0.25) is 0 Å². The number of nitrogens with zero attached hydrogens (tertiary/aromatic N) is 1. The monoisotopic (exact) mass is 350 g/mol. The van der Waals surface area contributed by atoms with Gasteiger partial charge >= 0.3 is 0 Å². The molecular weight excluding hydrogens is 340 g/mol. The van der Waals surface area contributed by atoms with Gasteiger partial charge in [-0.3, -0.25) is 4.79 Å². The number of amides is 1. The summed E-state index contributed by atoms with van der Waals surface area (Å²) in [6.45, 7) is 0. The van der Waals surface area contributed by atoms with Gasteiger partial charge in [-0.25, -0.2) is 5.43 Å². The van der Waals surface area contributed by atoms with Gasteiger partial charge in [0, 0.05) is 16.1 Å². The van der Waals surface area contributed by atoms with E-state index in [9.17, 15) is 15.0 Å². The van der Waals surface area contributed by atoms with Crippen molar-refractivity contribution in [3.8, 4) is 17.2 Å². The van der Waals surface area contributed by atoms with Crippen molar-refractivity contribution in [1.29, 1.82) is 0 Å². The number of nitrogens with one attached hydrogen (secondary N) is 1. The highest BCUT2D eigenvalue weighted by Crippen LogP contribution is 2.22. The normalized spacial score (nSPS) is 10.7. The highest BCUT2D eigenvalue weighted by Gasteiger charge is 2.10. The third-order valence-corrected chi connectivity index (χ3v) is 3.08. The first-order valence-electron chi connectivity index (χ1n) is 5.81. The Balaban J connectivity index is 2.10. The number of hydrogen-bond acceptors (Lipinski definition) is 5. The summed E-state index contributed by atoms with van der Waals surface area (Å²) in [6, 6.07) is 8.38. The van der Waals surface area contributed by atoms with E-state index in [1.54, 1.807) is 12.1 Å². The lowest BCUT2D eigenvalue weighted by Crippen LogP contribution is -2.17. The summed E-state index contributed by atoms with van der Waals surface area (Å²) >= 11 is 3.25. The minimum absolute atomic E-state index is 0.0173. The second-order valence-corrected chi connectivity index (χ2v) is 5.02. The van der Waals surface area contributed by atoms with Crippen LogP contribution in [0.4, 0.5) is 0 Å². The Hall–Kier alpha value is -2.54. The van der Waals surface area contributed by atoms with Gasteiger partial charge in [0.15, 0.2) is 0 Å². The van der Waals surface area contributed by atoms with E-state index in [1.165, 1.54) is 24.4 Å². The summed E-state index contributed by atoms with van der Waals surface area (Å²) in [5.41, 5.74) is 2.61. The topological polar surface area (TPSA) is 102 Å². The number of carbonyl (C=O) groups excluding carboxylic acids is 1. The van der Waals surface area contributed by atoms with Gasteiger partial charge in [-0.2, -0.15) is 5.10 Å². The van der Waals surface area contributed by atoms with Crippen LogP contribution in [0.3, 0.4) is 0 Å². The van der Waals surface area contributed by atoms with Crippen LogP contribution in [0.15, 0.2) is 46.0 Å². The smallest absolute Gasteiger partial charge is 0.275 e. The molecule has 0 radical (unpaired) electrons. The molecule has 0 saturated heterocycles. The third kappa shape index (κ3) is 3.73. The van der Waals surface area contributed by atoms with Crippen LogP contribution in [0, 0.1) is 0 Å². The second kappa shape index (κ2) is 6.27. The molecule has 21 heavy (non-hydrogen) atoms. The summed E-state index contributed by atoms with van der Waals surface area (Å²) in [6.07, 6.45) is 1.27. The SMILES string of the molecule is O=C(N/N=C\c1cc(Br)ccc1O)c1ccc(O)cc1O. The molecule has 0 aliphatic rings. The molecule has 0 aliphatic carbocycles. The van der Waals surface area contributed by atoms with Gasteiger partial charge in [-0.1, -0.05) is 15.9 Å². The van der Waals surface area contributed by atoms with E-state index in [0.29, 0.717) is 5.56 Å². The van der Waals surface area contributed by atoms with Gasteiger partial charge in [0.05, 0.1) is 11.8 Å². The number of phenols is 3. The minimum atomic E-state index is -0.641. The van der Waals surface area contributed by atoms with E-state index >= 15 is 0 Å². The van der Waals surface area contributed by atoms with Gasteiger partial charge < -0.3 is 15.3 Å². The molecule has 0 aromatic heterocycles. The fourth-order valence-corrected chi connectivity index (χ4v) is 1.94. The van der Waals surface area contributed by atoms with Crippen LogP contribution < -0.4 is 5.43 Å². The zero-order valence-electron chi connectivity index (χ0n) is 10.6. The van der Waals surface area contributed by atoms with Crippen LogP contribution in [0.1, 0.15) is 15.9 Å². The molecule has 2 aromatic rings. The lowest BCUT2D eigenvalue weighted by molar-refractivity contribution is 0.0952. The van der Waals surface area contributed by atoms with E-state index in [1.807, 2.05) is 0 Å². The van der Waals surface area contributed by atoms with Crippen LogP contribution in [0.2, 0.25) is 0 Å². The molecule has 0 aliphatic heterocycles. The van der Waals surface area contributed by atoms with Crippen LogP contribution in [-0.2, 0) is 0 Å². The Kier molecular flexibility index (Phi) is 4.44. The molecule has 0 fully saturated rings. The molecule has 0 unspecified atom stereocenters. The molecule has 0 heterocycles. The van der Waals surface area contributed by atoms with Crippen LogP contribution in [0.5, 0.6) is 17.2 Å². The standard InChI is InChI=1S/C14H11BrN2O4/c15-9-1-4-12(19)8(5-9)7-16-17-14(21)11-3-2-10(18)6-13(11)20/h1-7,18-20H,(H,17,21)/b16-7-. The van der Waals surface area contributed by atoms with Gasteiger partial charge in [-0.15, -0.1) is 0 Å². The molecule has 0 saturated carbocycles. The van der Waals surface area contributed by atoms with Crippen molar-refractivity contribution in [2.24, 2.45) is 5.10 Å². The van der Waals surface area contributed by atoms with Crippen LogP contribution in [-0.4, -0.2) is 27.4 Å². The molecule has 2 aromatic carbocycles. The van der Waals surface area contributed by atoms with Gasteiger partial charge in [-0.05, 0) is 30.3 Å². The zero-order chi connectivity index (χ0) is 15.4. The first-order chi connectivity index (χ1) is 9.97. The summed E-state index contributed by atoms with van der Waals surface area (Å²) in [7, 11) is 0. The Morgan fingerprint density at radius 2 is 1.86 bits per heavy atom. The minimum Gasteiger partial charge on any atom is -0.508 e. The molecule has 6 nitrogen and oxygen atoms in total. The summed E-state index contributed by atoms with van der Waals surface area (Å²) < 4.78 is 0.754. The third-order valence-electron chi connectivity index (χ3n) is 2.59. The largest absolute Gasteiger partial charge is 0.508 e. The fraction of sp³-hybridized carbons (Fsp3) is 0. The molecule has 2 rings (SSSR count). The quantitative estimate of drug-likeness (QED) is 0.503. The maximum Gasteiger partial charge on any atom is 0.275 e. The summed E-state index contributed by atoms with van der Waals surface area (Å²) in [4.78, 5) is 11.8. The molecule has 4 N–H and O–H groups in total. The molecule has 0 atom stereocenters. The van der Waals surface area contributed by atoms with Crippen molar-refractivity contribution < 1.29 is 20.1 Å². The number of halogens is 1. The number of benzene rings is 2. The second-order valence-electron chi connectivity index (χ2n) is 4.10. The van der Waals surface area contributed by atoms with E-state index < -0.39 is 5.91 Å². The zero-order valence-corrected chi connectivity index (χ0v) is 12.2. The van der Waals surface area contributed by atoms with Crippen molar-refractivity contribution in [1.82, 2.24) is 5.43 Å². The van der Waals surface area contributed by atoms with E-state index in [0.717, 1.165) is 10.5 Å². The highest BCUT2D eigenvalue weighted by molar-refractivity contribution is 9.10. The maximum atomic E-state index is 11.8. The number of hydrogen-bond donors (Lipinski definition) is 4. The van der Waals surface area contributed by atoms with Crippen LogP contribution >= 0.6 is 15.9 Å². The Morgan fingerprint density at radius 3 is 2.57 bits per heavy atom. The Labute approximate surface area is 128 Å². The number of aromatic hydroxyl groups is 3. The Morgan fingerprint density at radius 1 is 1.10 bits per heavy atom. The molecule has 7 heteroatoms. The number of phenolic OH excluding ortho intramolecular Hbond substituents is 3.